The molecule has 1 fully saturated rings. The summed E-state index contributed by atoms with van der Waals surface area (Å²) in [5.41, 5.74) is 1.26. The number of halogens is 2. The topological polar surface area (TPSA) is 48.8 Å². The van der Waals surface area contributed by atoms with Crippen molar-refractivity contribution in [3.63, 3.8) is 0 Å². The maximum absolute atomic E-state index is 8.73. The zero-order chi connectivity index (χ0) is 15.2. The number of nitrogens with zero attached hydrogens (tertiary/aromatic N) is 3. The van der Waals surface area contributed by atoms with Crippen molar-refractivity contribution in [1.82, 2.24) is 9.88 Å². The second-order valence-corrected chi connectivity index (χ2v) is 5.37. The smallest absolute Gasteiger partial charge is 0.186 e. The van der Waals surface area contributed by atoms with Gasteiger partial charge in [-0.15, -0.1) is 24.8 Å². The monoisotopic (exact) mass is 371 g/mol. The van der Waals surface area contributed by atoms with E-state index < -0.39 is 0 Å². The first-order valence-electron chi connectivity index (χ1n) is 7.56. The first-order chi connectivity index (χ1) is 10.8. The highest BCUT2D eigenvalue weighted by Gasteiger charge is 2.17. The van der Waals surface area contributed by atoms with Gasteiger partial charge in [0.05, 0.1) is 0 Å². The molecule has 0 bridgehead atoms. The van der Waals surface area contributed by atoms with Crippen LogP contribution in [0.2, 0.25) is 0 Å². The molecule has 5 nitrogen and oxygen atoms in total. The normalized spacial score (nSPS) is 14.5. The molecule has 0 atom stereocenters. The summed E-state index contributed by atoms with van der Waals surface area (Å²) >= 11 is 0. The summed E-state index contributed by atoms with van der Waals surface area (Å²) in [6.07, 6.45) is 1.84. The highest BCUT2D eigenvalue weighted by Crippen LogP contribution is 2.16. The zero-order valence-corrected chi connectivity index (χ0v) is 15.0. The van der Waals surface area contributed by atoms with E-state index in [2.05, 4.69) is 33.0 Å². The van der Waals surface area contributed by atoms with Gasteiger partial charge in [-0.05, 0) is 29.8 Å². The minimum Gasteiger partial charge on any atom is -0.468 e. The lowest BCUT2D eigenvalue weighted by atomic mass is 10.2. The molecular formula is C17H23Cl2N3O2. The maximum atomic E-state index is 8.73. The Balaban J connectivity index is 0.00000144. The van der Waals surface area contributed by atoms with E-state index in [0.29, 0.717) is 5.75 Å². The number of ether oxygens (including phenoxy) is 1. The minimum absolute atomic E-state index is 0. The number of hydrogen-bond acceptors (Lipinski definition) is 5. The molecule has 2 heterocycles. The second-order valence-electron chi connectivity index (χ2n) is 5.37. The van der Waals surface area contributed by atoms with E-state index in [1.807, 2.05) is 30.5 Å². The molecule has 7 heteroatoms. The standard InChI is InChI=1S/C17H21N3O2.2ClH/c21-14-22-16-6-4-15(5-7-16)13-19-9-11-20(12-10-19)17-3-1-2-8-18-17;;/h1-8,21H,9-14H2;2*1H. The van der Waals surface area contributed by atoms with Crippen LogP contribution in [-0.2, 0) is 6.54 Å². The summed E-state index contributed by atoms with van der Waals surface area (Å²) in [5, 5.41) is 8.73. The number of aliphatic hydroxyl groups excluding tert-OH is 1. The third-order valence-corrected chi connectivity index (χ3v) is 3.91. The van der Waals surface area contributed by atoms with Crippen LogP contribution in [0.1, 0.15) is 5.56 Å². The van der Waals surface area contributed by atoms with E-state index in [-0.39, 0.29) is 31.6 Å². The van der Waals surface area contributed by atoms with Crippen molar-refractivity contribution in [3.8, 4) is 5.75 Å². The summed E-state index contributed by atoms with van der Waals surface area (Å²) in [5.74, 6) is 1.76. The van der Waals surface area contributed by atoms with Crippen LogP contribution in [0.3, 0.4) is 0 Å². The largest absolute Gasteiger partial charge is 0.468 e. The molecule has 1 aliphatic heterocycles. The number of pyridine rings is 1. The van der Waals surface area contributed by atoms with Gasteiger partial charge in [0.25, 0.3) is 0 Å². The molecule has 2 aromatic rings. The summed E-state index contributed by atoms with van der Waals surface area (Å²) in [7, 11) is 0. The molecule has 24 heavy (non-hydrogen) atoms. The van der Waals surface area contributed by atoms with E-state index in [1.54, 1.807) is 0 Å². The number of rotatable bonds is 5. The molecule has 0 aliphatic carbocycles. The summed E-state index contributed by atoms with van der Waals surface area (Å²) < 4.78 is 5.04. The zero-order valence-electron chi connectivity index (χ0n) is 13.4. The molecule has 1 aliphatic rings. The fourth-order valence-corrected chi connectivity index (χ4v) is 2.70. The molecule has 0 radical (unpaired) electrons. The first-order valence-corrected chi connectivity index (χ1v) is 7.56. The first kappa shape index (κ1) is 20.5. The Morgan fingerprint density at radius 2 is 1.67 bits per heavy atom. The van der Waals surface area contributed by atoms with E-state index >= 15 is 0 Å². The van der Waals surface area contributed by atoms with Crippen molar-refractivity contribution in [2.75, 3.05) is 37.9 Å². The quantitative estimate of drug-likeness (QED) is 0.818. The lowest BCUT2D eigenvalue weighted by Crippen LogP contribution is -2.46. The average molecular weight is 372 g/mol. The van der Waals surface area contributed by atoms with Gasteiger partial charge >= 0.3 is 0 Å². The molecular weight excluding hydrogens is 349 g/mol. The lowest BCUT2D eigenvalue weighted by molar-refractivity contribution is 0.0985. The van der Waals surface area contributed by atoms with Gasteiger partial charge in [0.1, 0.15) is 11.6 Å². The van der Waals surface area contributed by atoms with E-state index in [0.717, 1.165) is 38.5 Å². The molecule has 1 N–H and O–H groups in total. The van der Waals surface area contributed by atoms with E-state index in [4.69, 9.17) is 9.84 Å². The molecule has 0 spiro atoms. The van der Waals surface area contributed by atoms with Gasteiger partial charge in [-0.3, -0.25) is 4.90 Å². The third-order valence-electron chi connectivity index (χ3n) is 3.91. The van der Waals surface area contributed by atoms with Crippen molar-refractivity contribution < 1.29 is 9.84 Å². The summed E-state index contributed by atoms with van der Waals surface area (Å²) in [4.78, 5) is 9.19. The van der Waals surface area contributed by atoms with Crippen LogP contribution in [0.5, 0.6) is 5.75 Å². The van der Waals surface area contributed by atoms with Crippen LogP contribution in [0, 0.1) is 0 Å². The van der Waals surface area contributed by atoms with Crippen LogP contribution in [0.25, 0.3) is 0 Å². The molecule has 0 saturated carbocycles. The van der Waals surface area contributed by atoms with Gasteiger partial charge in [-0.1, -0.05) is 18.2 Å². The molecule has 3 rings (SSSR count). The molecule has 1 saturated heterocycles. The SMILES string of the molecule is Cl.Cl.OCOc1ccc(CN2CCN(c3ccccn3)CC2)cc1. The van der Waals surface area contributed by atoms with Gasteiger partial charge in [-0.25, -0.2) is 4.98 Å². The van der Waals surface area contributed by atoms with Crippen molar-refractivity contribution in [2.24, 2.45) is 0 Å². The number of aliphatic hydroxyl groups is 1. The molecule has 0 unspecified atom stereocenters. The molecule has 0 amide bonds. The Hall–Kier alpha value is -1.53. The van der Waals surface area contributed by atoms with Crippen LogP contribution in [0.15, 0.2) is 48.7 Å². The Labute approximate surface area is 155 Å². The fraction of sp³-hybridized carbons (Fsp3) is 0.353. The predicted octanol–water partition coefficient (Wildman–Crippen LogP) is 2.58. The van der Waals surface area contributed by atoms with Crippen molar-refractivity contribution in [2.45, 2.75) is 6.54 Å². The van der Waals surface area contributed by atoms with Crippen LogP contribution in [0.4, 0.5) is 5.82 Å². The Bertz CT molecular complexity index is 576. The predicted molar refractivity (Wildman–Crippen MR) is 100 cm³/mol. The lowest BCUT2D eigenvalue weighted by Gasteiger charge is -2.35. The summed E-state index contributed by atoms with van der Waals surface area (Å²) in [6, 6.07) is 13.9. The second kappa shape index (κ2) is 10.4. The number of benzene rings is 1. The van der Waals surface area contributed by atoms with Gasteiger partial charge in [0.2, 0.25) is 0 Å². The molecule has 1 aromatic heterocycles. The summed E-state index contributed by atoms with van der Waals surface area (Å²) in [6.45, 7) is 4.73. The van der Waals surface area contributed by atoms with E-state index in [1.165, 1.54) is 5.56 Å². The number of hydrogen-bond donors (Lipinski definition) is 1. The maximum Gasteiger partial charge on any atom is 0.186 e. The minimum atomic E-state index is -0.283. The highest BCUT2D eigenvalue weighted by atomic mass is 35.5. The Morgan fingerprint density at radius 3 is 2.25 bits per heavy atom. The van der Waals surface area contributed by atoms with E-state index in [9.17, 15) is 0 Å². The molecule has 132 valence electrons. The van der Waals surface area contributed by atoms with Crippen LogP contribution >= 0.6 is 24.8 Å². The van der Waals surface area contributed by atoms with Crippen molar-refractivity contribution in [1.29, 1.82) is 0 Å². The number of anilines is 1. The van der Waals surface area contributed by atoms with Gasteiger partial charge < -0.3 is 14.7 Å². The Morgan fingerprint density at radius 1 is 0.958 bits per heavy atom. The van der Waals surface area contributed by atoms with Crippen LogP contribution < -0.4 is 9.64 Å². The van der Waals surface area contributed by atoms with Gasteiger partial charge in [0.15, 0.2) is 6.79 Å². The Kier molecular flexibility index (Phi) is 8.85. The van der Waals surface area contributed by atoms with Gasteiger partial charge in [-0.2, -0.15) is 0 Å². The van der Waals surface area contributed by atoms with Gasteiger partial charge in [0, 0.05) is 38.9 Å². The molecule has 1 aromatic carbocycles. The number of aromatic nitrogens is 1. The highest BCUT2D eigenvalue weighted by molar-refractivity contribution is 5.85. The third kappa shape index (κ3) is 5.53. The van der Waals surface area contributed by atoms with Crippen molar-refractivity contribution >= 4 is 30.6 Å². The van der Waals surface area contributed by atoms with Crippen LogP contribution in [-0.4, -0.2) is 48.0 Å². The van der Waals surface area contributed by atoms with Crippen molar-refractivity contribution in [3.05, 3.63) is 54.2 Å². The number of piperazine rings is 1. The average Bonchev–Trinajstić information content (AvgIpc) is 2.58. The fourth-order valence-electron chi connectivity index (χ4n) is 2.70.